The zero-order chi connectivity index (χ0) is 39.0. The fourth-order valence-corrected chi connectivity index (χ4v) is 8.43. The van der Waals surface area contributed by atoms with E-state index >= 15 is 0 Å². The van der Waals surface area contributed by atoms with Crippen LogP contribution in [0.25, 0.3) is 0 Å². The number of rotatable bonds is 13. The Morgan fingerprint density at radius 1 is 1.09 bits per heavy atom. The van der Waals surface area contributed by atoms with Crippen molar-refractivity contribution in [2.24, 2.45) is 11.3 Å². The van der Waals surface area contributed by atoms with Crippen molar-refractivity contribution >= 4 is 56.9 Å². The van der Waals surface area contributed by atoms with Gasteiger partial charge in [0.2, 0.25) is 21.8 Å². The second kappa shape index (κ2) is 15.3. The van der Waals surface area contributed by atoms with Gasteiger partial charge in [0.15, 0.2) is 0 Å². The van der Waals surface area contributed by atoms with E-state index in [-0.39, 0.29) is 42.5 Å². The number of benzene rings is 1. The summed E-state index contributed by atoms with van der Waals surface area (Å²) in [7, 11) is -3.93. The van der Waals surface area contributed by atoms with E-state index in [9.17, 15) is 32.0 Å². The number of carbonyl (C=O) groups is 4. The maximum atomic E-state index is 14.5. The van der Waals surface area contributed by atoms with Crippen molar-refractivity contribution in [3.8, 4) is 6.01 Å². The third kappa shape index (κ3) is 9.05. The van der Waals surface area contributed by atoms with Crippen LogP contribution in [-0.4, -0.2) is 88.7 Å². The smallest absolute Gasteiger partial charge is 0.408 e. The van der Waals surface area contributed by atoms with Gasteiger partial charge < -0.3 is 30.3 Å². The first-order chi connectivity index (χ1) is 25.5. The SMILES string of the molecule is C=C[C@@H]1C[C@]1(NC(=O)[C@@H]1C[C@@H](Oc2nc(Cl)cc(Nc3cccc(F)c3)n2)CN1C(=O)[C@@H](NC(=O)OC1CCCC1)C(C)(C)C)C(=O)NS(=O)(=O)C1CC1. The first kappa shape index (κ1) is 39.2. The highest BCUT2D eigenvalue weighted by molar-refractivity contribution is 7.91. The lowest BCUT2D eigenvalue weighted by atomic mass is 9.85. The normalized spacial score (nSPS) is 24.6. The van der Waals surface area contributed by atoms with Crippen LogP contribution in [0.5, 0.6) is 6.01 Å². The molecule has 3 aliphatic carbocycles. The van der Waals surface area contributed by atoms with Crippen LogP contribution in [0.3, 0.4) is 0 Å². The number of halogens is 2. The summed E-state index contributed by atoms with van der Waals surface area (Å²) < 4.78 is 53.0. The molecule has 4 aliphatic rings. The minimum Gasteiger partial charge on any atom is -0.458 e. The maximum Gasteiger partial charge on any atom is 0.408 e. The molecular formula is C36H45ClFN7O8S. The van der Waals surface area contributed by atoms with Crippen molar-refractivity contribution in [1.29, 1.82) is 0 Å². The highest BCUT2D eigenvalue weighted by Crippen LogP contribution is 2.45. The van der Waals surface area contributed by atoms with Crippen LogP contribution in [0.15, 0.2) is 43.0 Å². The molecular weight excluding hydrogens is 745 g/mol. The van der Waals surface area contributed by atoms with E-state index in [1.54, 1.807) is 26.8 Å². The van der Waals surface area contributed by atoms with E-state index in [0.29, 0.717) is 18.5 Å². The van der Waals surface area contributed by atoms with Crippen molar-refractivity contribution in [1.82, 2.24) is 30.2 Å². The fourth-order valence-electron chi connectivity index (χ4n) is 6.89. The number of likely N-dealkylation sites (tertiary alicyclic amines) is 1. The standard InChI is InChI=1S/C36H45ClFN7O8S/c1-5-20-18-36(20,32(48)44-54(50,51)25-13-14-25)43-30(46)26-16-24(52-33-40-27(37)17-28(41-33)39-22-10-8-9-21(38)15-22)19-45(26)31(47)29(35(2,3)4)42-34(49)53-23-11-6-7-12-23/h5,8-10,15,17,20,23-26,29H,1,6-7,11-14,16,18-19H2,2-4H3,(H,42,49)(H,43,46)(H,44,48)(H,39,40,41)/t20-,24-,26+,29-,36-/m1/s1. The number of ether oxygens (including phenoxy) is 2. The fraction of sp³-hybridized carbons (Fsp3) is 0.556. The lowest BCUT2D eigenvalue weighted by Crippen LogP contribution is -2.60. The van der Waals surface area contributed by atoms with Crippen LogP contribution in [0, 0.1) is 17.2 Å². The zero-order valence-electron chi connectivity index (χ0n) is 30.3. The largest absolute Gasteiger partial charge is 0.458 e. The average molecular weight is 790 g/mol. The van der Waals surface area contributed by atoms with Gasteiger partial charge in [0.05, 0.1) is 11.8 Å². The molecule has 3 saturated carbocycles. The highest BCUT2D eigenvalue weighted by Gasteiger charge is 2.62. The Balaban J connectivity index is 1.25. The van der Waals surface area contributed by atoms with Crippen LogP contribution < -0.4 is 25.4 Å². The van der Waals surface area contributed by atoms with Gasteiger partial charge in [-0.05, 0) is 68.6 Å². The predicted molar refractivity (Wildman–Crippen MR) is 196 cm³/mol. The molecule has 0 bridgehead atoms. The van der Waals surface area contributed by atoms with Crippen LogP contribution in [-0.2, 0) is 29.1 Å². The summed E-state index contributed by atoms with van der Waals surface area (Å²) in [6, 6.07) is 4.51. The summed E-state index contributed by atoms with van der Waals surface area (Å²) in [5, 5.41) is 7.72. The molecule has 4 N–H and O–H groups in total. The monoisotopic (exact) mass is 789 g/mol. The minimum atomic E-state index is -3.93. The second-order valence-electron chi connectivity index (χ2n) is 15.4. The van der Waals surface area contributed by atoms with E-state index in [0.717, 1.165) is 25.7 Å². The molecule has 1 aromatic carbocycles. The van der Waals surface area contributed by atoms with Crippen LogP contribution in [0.1, 0.15) is 72.1 Å². The molecule has 54 heavy (non-hydrogen) atoms. The Morgan fingerprint density at radius 3 is 2.44 bits per heavy atom. The van der Waals surface area contributed by atoms with Crippen molar-refractivity contribution < 1.29 is 41.5 Å². The van der Waals surface area contributed by atoms with Gasteiger partial charge in [-0.25, -0.2) is 17.6 Å². The van der Waals surface area contributed by atoms with Gasteiger partial charge in [-0.15, -0.1) is 6.58 Å². The van der Waals surface area contributed by atoms with Gasteiger partial charge in [-0.1, -0.05) is 44.5 Å². The average Bonchev–Trinajstić information content (AvgIpc) is 3.96. The first-order valence-electron chi connectivity index (χ1n) is 18.0. The highest BCUT2D eigenvalue weighted by atomic mass is 35.5. The summed E-state index contributed by atoms with van der Waals surface area (Å²) in [6.45, 7) is 8.86. The quantitative estimate of drug-likeness (QED) is 0.168. The van der Waals surface area contributed by atoms with Crippen LogP contribution >= 0.6 is 11.6 Å². The molecule has 4 fully saturated rings. The van der Waals surface area contributed by atoms with Gasteiger partial charge in [-0.2, -0.15) is 9.97 Å². The Hall–Kier alpha value is -4.51. The van der Waals surface area contributed by atoms with Gasteiger partial charge >= 0.3 is 12.1 Å². The Bertz CT molecular complexity index is 1920. The third-order valence-corrected chi connectivity index (χ3v) is 12.1. The summed E-state index contributed by atoms with van der Waals surface area (Å²) in [5.41, 5.74) is -2.06. The molecule has 1 saturated heterocycles. The van der Waals surface area contributed by atoms with Crippen molar-refractivity contribution in [2.45, 2.75) is 107 Å². The van der Waals surface area contributed by atoms with Gasteiger partial charge in [0, 0.05) is 24.1 Å². The number of amides is 4. The number of nitrogens with zero attached hydrogens (tertiary/aromatic N) is 3. The zero-order valence-corrected chi connectivity index (χ0v) is 31.8. The van der Waals surface area contributed by atoms with Crippen molar-refractivity contribution in [3.05, 3.63) is 54.0 Å². The summed E-state index contributed by atoms with van der Waals surface area (Å²) >= 11 is 6.28. The van der Waals surface area contributed by atoms with Crippen LogP contribution in [0.4, 0.5) is 20.7 Å². The van der Waals surface area contributed by atoms with Gasteiger partial charge in [0.1, 0.15) is 46.6 Å². The molecule has 1 aromatic heterocycles. The lowest BCUT2D eigenvalue weighted by molar-refractivity contribution is -0.143. The molecule has 15 nitrogen and oxygen atoms in total. The number of hydrogen-bond donors (Lipinski definition) is 4. The molecule has 5 atom stereocenters. The maximum absolute atomic E-state index is 14.5. The molecule has 2 heterocycles. The molecule has 1 aliphatic heterocycles. The first-order valence-corrected chi connectivity index (χ1v) is 19.9. The Kier molecular flexibility index (Phi) is 11.1. The van der Waals surface area contributed by atoms with Gasteiger partial charge in [0.25, 0.3) is 5.91 Å². The van der Waals surface area contributed by atoms with E-state index in [2.05, 4.69) is 37.2 Å². The predicted octanol–water partition coefficient (Wildman–Crippen LogP) is 4.11. The summed E-state index contributed by atoms with van der Waals surface area (Å²) in [5.74, 6) is -3.08. The minimum absolute atomic E-state index is 0.00444. The van der Waals surface area contributed by atoms with Crippen molar-refractivity contribution in [3.63, 3.8) is 0 Å². The Labute approximate surface area is 318 Å². The number of sulfonamides is 1. The summed E-state index contributed by atoms with van der Waals surface area (Å²) in [4.78, 5) is 65.0. The summed E-state index contributed by atoms with van der Waals surface area (Å²) in [6.07, 6.45) is 3.76. The number of alkyl carbamates (subject to hydrolysis) is 1. The number of aromatic nitrogens is 2. The molecule has 6 rings (SSSR count). The molecule has 4 amide bonds. The molecule has 2 aromatic rings. The topological polar surface area (TPSA) is 198 Å². The third-order valence-electron chi connectivity index (χ3n) is 10.1. The molecule has 0 spiro atoms. The number of anilines is 2. The Morgan fingerprint density at radius 2 is 1.81 bits per heavy atom. The van der Waals surface area contributed by atoms with Crippen molar-refractivity contribution in [2.75, 3.05) is 11.9 Å². The van der Waals surface area contributed by atoms with E-state index < -0.39 is 80.0 Å². The number of nitrogens with one attached hydrogen (secondary N) is 4. The van der Waals surface area contributed by atoms with E-state index in [4.69, 9.17) is 21.1 Å². The molecule has 18 heteroatoms. The molecule has 292 valence electrons. The number of hydrogen-bond acceptors (Lipinski definition) is 11. The lowest BCUT2D eigenvalue weighted by Gasteiger charge is -2.35. The van der Waals surface area contributed by atoms with Gasteiger partial charge in [-0.3, -0.25) is 19.1 Å². The van der Waals surface area contributed by atoms with Crippen LogP contribution in [0.2, 0.25) is 5.15 Å². The molecule has 0 unspecified atom stereocenters. The number of carbonyl (C=O) groups excluding carboxylic acids is 4. The van der Waals surface area contributed by atoms with E-state index in [1.807, 2.05) is 0 Å². The molecule has 0 radical (unpaired) electrons. The van der Waals surface area contributed by atoms with E-state index in [1.165, 1.54) is 35.2 Å². The second-order valence-corrected chi connectivity index (χ2v) is 17.8.